The molecule has 1 aromatic carbocycles. The zero-order valence-electron chi connectivity index (χ0n) is 12.5. The Hall–Kier alpha value is -2.67. The standard InChI is InChI=1S/C16H14N2O4S/c1-8-11(15(20)18-16(23)17-8)5-9-6-14(19)22-13-4-3-10(21-2)7-12(9)13/h3-8H,1-2H3,(H2,17,18,20,23)/b11-5+. The van der Waals surface area contributed by atoms with Crippen LogP contribution in [0.4, 0.5) is 0 Å². The van der Waals surface area contributed by atoms with E-state index < -0.39 is 5.63 Å². The van der Waals surface area contributed by atoms with Crippen molar-refractivity contribution in [2.45, 2.75) is 13.0 Å². The minimum absolute atomic E-state index is 0.260. The second-order valence-electron chi connectivity index (χ2n) is 5.13. The first-order valence-electron chi connectivity index (χ1n) is 6.93. The van der Waals surface area contributed by atoms with Crippen molar-refractivity contribution in [1.29, 1.82) is 0 Å². The summed E-state index contributed by atoms with van der Waals surface area (Å²) in [6.45, 7) is 1.82. The van der Waals surface area contributed by atoms with E-state index in [9.17, 15) is 9.59 Å². The van der Waals surface area contributed by atoms with Crippen LogP contribution in [-0.4, -0.2) is 24.2 Å². The first-order valence-corrected chi connectivity index (χ1v) is 7.34. The summed E-state index contributed by atoms with van der Waals surface area (Å²) in [5, 5.41) is 6.50. The van der Waals surface area contributed by atoms with Gasteiger partial charge >= 0.3 is 5.63 Å². The lowest BCUT2D eigenvalue weighted by molar-refractivity contribution is -0.116. The van der Waals surface area contributed by atoms with Crippen LogP contribution in [0.5, 0.6) is 5.75 Å². The predicted molar refractivity (Wildman–Crippen MR) is 90.4 cm³/mol. The topological polar surface area (TPSA) is 80.6 Å². The van der Waals surface area contributed by atoms with Crippen LogP contribution in [0.15, 0.2) is 39.1 Å². The summed E-state index contributed by atoms with van der Waals surface area (Å²) in [7, 11) is 1.56. The Kier molecular flexibility index (Phi) is 3.87. The van der Waals surface area contributed by atoms with Crippen molar-refractivity contribution >= 4 is 40.3 Å². The van der Waals surface area contributed by atoms with E-state index in [4.69, 9.17) is 21.4 Å². The third-order valence-electron chi connectivity index (χ3n) is 3.60. The Labute approximate surface area is 137 Å². The molecule has 1 amide bonds. The van der Waals surface area contributed by atoms with Gasteiger partial charge in [0.25, 0.3) is 5.91 Å². The molecule has 1 unspecified atom stereocenters. The summed E-state index contributed by atoms with van der Waals surface area (Å²) < 4.78 is 10.4. The average Bonchev–Trinajstić information content (AvgIpc) is 2.50. The molecule has 118 valence electrons. The molecule has 0 aliphatic carbocycles. The average molecular weight is 330 g/mol. The highest BCUT2D eigenvalue weighted by Crippen LogP contribution is 2.25. The van der Waals surface area contributed by atoms with Crippen molar-refractivity contribution in [1.82, 2.24) is 10.6 Å². The lowest BCUT2D eigenvalue weighted by atomic mass is 10.0. The van der Waals surface area contributed by atoms with Crippen LogP contribution in [0.1, 0.15) is 12.5 Å². The molecular weight excluding hydrogens is 316 g/mol. The van der Waals surface area contributed by atoms with Crippen LogP contribution < -0.4 is 21.0 Å². The molecule has 2 heterocycles. The van der Waals surface area contributed by atoms with Crippen LogP contribution >= 0.6 is 12.2 Å². The molecule has 2 N–H and O–H groups in total. The predicted octanol–water partition coefficient (Wildman–Crippen LogP) is 1.58. The molecule has 1 aromatic heterocycles. The first kappa shape index (κ1) is 15.2. The van der Waals surface area contributed by atoms with E-state index in [1.54, 1.807) is 31.4 Å². The summed E-state index contributed by atoms with van der Waals surface area (Å²) in [6.07, 6.45) is 1.66. The molecular formula is C16H14N2O4S. The van der Waals surface area contributed by atoms with E-state index in [1.807, 2.05) is 6.92 Å². The van der Waals surface area contributed by atoms with Gasteiger partial charge in [-0.3, -0.25) is 10.1 Å². The molecule has 1 fully saturated rings. The van der Waals surface area contributed by atoms with Crippen LogP contribution in [0.25, 0.3) is 17.0 Å². The lowest BCUT2D eigenvalue weighted by Gasteiger charge is -2.25. The van der Waals surface area contributed by atoms with Gasteiger partial charge in [-0.25, -0.2) is 4.79 Å². The number of methoxy groups -OCH3 is 1. The van der Waals surface area contributed by atoms with Gasteiger partial charge in [0, 0.05) is 17.0 Å². The van der Waals surface area contributed by atoms with Crippen molar-refractivity contribution < 1.29 is 13.9 Å². The SMILES string of the molecule is COc1ccc2oc(=O)cc(/C=C3/C(=O)NC(=S)NC3C)c2c1. The second kappa shape index (κ2) is 5.85. The van der Waals surface area contributed by atoms with Gasteiger partial charge in [-0.05, 0) is 49.0 Å². The quantitative estimate of drug-likeness (QED) is 0.494. The number of ether oxygens (including phenoxy) is 1. The normalized spacial score (nSPS) is 19.6. The van der Waals surface area contributed by atoms with Gasteiger partial charge in [0.2, 0.25) is 0 Å². The van der Waals surface area contributed by atoms with Crippen molar-refractivity contribution in [2.24, 2.45) is 0 Å². The Morgan fingerprint density at radius 2 is 2.09 bits per heavy atom. The molecule has 0 spiro atoms. The van der Waals surface area contributed by atoms with Crippen molar-refractivity contribution in [3.05, 3.63) is 45.8 Å². The molecule has 1 atom stereocenters. The lowest BCUT2D eigenvalue weighted by Crippen LogP contribution is -2.52. The van der Waals surface area contributed by atoms with Crippen LogP contribution in [0, 0.1) is 0 Å². The maximum atomic E-state index is 12.1. The largest absolute Gasteiger partial charge is 0.497 e. The molecule has 6 nitrogen and oxygen atoms in total. The van der Waals surface area contributed by atoms with Crippen molar-refractivity contribution in [3.63, 3.8) is 0 Å². The van der Waals surface area contributed by atoms with Gasteiger partial charge < -0.3 is 14.5 Å². The number of nitrogens with one attached hydrogen (secondary N) is 2. The monoisotopic (exact) mass is 330 g/mol. The third-order valence-corrected chi connectivity index (χ3v) is 3.82. The Balaban J connectivity index is 2.19. The summed E-state index contributed by atoms with van der Waals surface area (Å²) in [6, 6.07) is 6.22. The number of rotatable bonds is 2. The Morgan fingerprint density at radius 1 is 1.30 bits per heavy atom. The molecule has 1 aliphatic rings. The van der Waals surface area contributed by atoms with E-state index in [2.05, 4.69) is 10.6 Å². The van der Waals surface area contributed by atoms with E-state index in [0.29, 0.717) is 33.0 Å². The van der Waals surface area contributed by atoms with Gasteiger partial charge in [-0.15, -0.1) is 0 Å². The first-order chi connectivity index (χ1) is 11.0. The zero-order valence-corrected chi connectivity index (χ0v) is 13.3. The minimum atomic E-state index is -0.484. The molecule has 23 heavy (non-hydrogen) atoms. The number of carbonyl (C=O) groups excluding carboxylic acids is 1. The zero-order chi connectivity index (χ0) is 16.6. The Bertz CT molecular complexity index is 901. The Morgan fingerprint density at radius 3 is 2.78 bits per heavy atom. The highest BCUT2D eigenvalue weighted by Gasteiger charge is 2.24. The molecule has 0 radical (unpaired) electrons. The number of carbonyl (C=O) groups is 1. The van der Waals surface area contributed by atoms with Gasteiger partial charge in [-0.1, -0.05) is 0 Å². The van der Waals surface area contributed by atoms with Crippen LogP contribution in [0.2, 0.25) is 0 Å². The second-order valence-corrected chi connectivity index (χ2v) is 5.54. The fourth-order valence-electron chi connectivity index (χ4n) is 2.45. The number of amides is 1. The van der Waals surface area contributed by atoms with E-state index in [-0.39, 0.29) is 11.9 Å². The van der Waals surface area contributed by atoms with E-state index in [0.717, 1.165) is 0 Å². The van der Waals surface area contributed by atoms with Gasteiger partial charge in [-0.2, -0.15) is 0 Å². The molecule has 0 saturated carbocycles. The van der Waals surface area contributed by atoms with Crippen LogP contribution in [-0.2, 0) is 4.79 Å². The van der Waals surface area contributed by atoms with Gasteiger partial charge in [0.15, 0.2) is 5.11 Å². The maximum absolute atomic E-state index is 12.1. The summed E-state index contributed by atoms with van der Waals surface area (Å²) in [5.41, 5.74) is 1.01. The summed E-state index contributed by atoms with van der Waals surface area (Å²) in [5.74, 6) is 0.344. The number of hydrogen-bond acceptors (Lipinski definition) is 5. The number of fused-ring (bicyclic) bond motifs is 1. The summed E-state index contributed by atoms with van der Waals surface area (Å²) in [4.78, 5) is 23.9. The van der Waals surface area contributed by atoms with Crippen LogP contribution in [0.3, 0.4) is 0 Å². The number of thiocarbonyl (C=S) groups is 1. The van der Waals surface area contributed by atoms with Crippen molar-refractivity contribution in [2.75, 3.05) is 7.11 Å². The van der Waals surface area contributed by atoms with Gasteiger partial charge in [0.1, 0.15) is 11.3 Å². The third kappa shape index (κ3) is 2.95. The van der Waals surface area contributed by atoms with E-state index >= 15 is 0 Å². The maximum Gasteiger partial charge on any atom is 0.336 e. The highest BCUT2D eigenvalue weighted by atomic mass is 32.1. The number of hydrogen-bond donors (Lipinski definition) is 2. The molecule has 1 aliphatic heterocycles. The van der Waals surface area contributed by atoms with E-state index in [1.165, 1.54) is 6.07 Å². The highest BCUT2D eigenvalue weighted by molar-refractivity contribution is 7.80. The summed E-state index contributed by atoms with van der Waals surface area (Å²) >= 11 is 4.96. The minimum Gasteiger partial charge on any atom is -0.497 e. The molecule has 7 heteroatoms. The molecule has 1 saturated heterocycles. The smallest absolute Gasteiger partial charge is 0.336 e. The molecule has 0 bridgehead atoms. The fourth-order valence-corrected chi connectivity index (χ4v) is 2.72. The van der Waals surface area contributed by atoms with Crippen molar-refractivity contribution in [3.8, 4) is 5.75 Å². The fraction of sp³-hybridized carbons (Fsp3) is 0.188. The molecule has 3 rings (SSSR count). The number of benzene rings is 1. The molecule has 2 aromatic rings. The van der Waals surface area contributed by atoms with Gasteiger partial charge in [0.05, 0.1) is 13.2 Å².